The molecule has 1 heterocycles. The Labute approximate surface area is 86.6 Å². The van der Waals surface area contributed by atoms with Gasteiger partial charge in [-0.15, -0.1) is 0 Å². The first-order chi connectivity index (χ1) is 6.84. The Morgan fingerprint density at radius 2 is 2.00 bits per heavy atom. The van der Waals surface area contributed by atoms with Gasteiger partial charge in [-0.05, 0) is 44.4 Å². The Morgan fingerprint density at radius 3 is 2.71 bits per heavy atom. The average molecular weight is 198 g/mol. The van der Waals surface area contributed by atoms with E-state index in [9.17, 15) is 5.11 Å². The third-order valence-electron chi connectivity index (χ3n) is 3.68. The van der Waals surface area contributed by atoms with Crippen molar-refractivity contribution in [3.05, 3.63) is 0 Å². The number of hydrogen-bond acceptors (Lipinski definition) is 2. The maximum Gasteiger partial charge on any atom is 0.0576 e. The fourth-order valence-corrected chi connectivity index (χ4v) is 2.82. The van der Waals surface area contributed by atoms with Crippen LogP contribution in [-0.4, -0.2) is 23.9 Å². The summed E-state index contributed by atoms with van der Waals surface area (Å²) in [5, 5.41) is 9.54. The molecular formula is C12H22O2. The monoisotopic (exact) mass is 198 g/mol. The molecule has 82 valence electrons. The predicted molar refractivity (Wildman–Crippen MR) is 56.2 cm³/mol. The van der Waals surface area contributed by atoms with Crippen LogP contribution in [0.15, 0.2) is 0 Å². The van der Waals surface area contributed by atoms with Crippen molar-refractivity contribution >= 4 is 0 Å². The molecule has 0 aromatic heterocycles. The maximum atomic E-state index is 9.54. The van der Waals surface area contributed by atoms with E-state index in [1.807, 2.05) is 0 Å². The maximum absolute atomic E-state index is 9.54. The third-order valence-corrected chi connectivity index (χ3v) is 3.68. The summed E-state index contributed by atoms with van der Waals surface area (Å²) in [6, 6.07) is 0. The van der Waals surface area contributed by atoms with Crippen LogP contribution in [0.2, 0.25) is 0 Å². The van der Waals surface area contributed by atoms with Crippen LogP contribution >= 0.6 is 0 Å². The second-order valence-corrected chi connectivity index (χ2v) is 4.90. The average Bonchev–Trinajstić information content (AvgIpc) is 2.67. The number of aliphatic hydroxyl groups is 1. The molecule has 3 unspecified atom stereocenters. The summed E-state index contributed by atoms with van der Waals surface area (Å²) in [6.07, 6.45) is 10.1. The van der Waals surface area contributed by atoms with Gasteiger partial charge in [-0.25, -0.2) is 0 Å². The molecule has 0 amide bonds. The van der Waals surface area contributed by atoms with Crippen molar-refractivity contribution in [2.45, 2.75) is 63.6 Å². The molecule has 0 radical (unpaired) electrons. The lowest BCUT2D eigenvalue weighted by atomic mass is 9.84. The molecule has 0 aromatic carbocycles. The van der Waals surface area contributed by atoms with Crippen molar-refractivity contribution in [1.29, 1.82) is 0 Å². The SMILES string of the molecule is OC1CCCC(CCC2CCCO2)C1. The standard InChI is InChI=1S/C12H22O2/c13-11-4-1-3-10(9-11)6-7-12-5-2-8-14-12/h10-13H,1-9H2. The van der Waals surface area contributed by atoms with Crippen LogP contribution in [0.25, 0.3) is 0 Å². The highest BCUT2D eigenvalue weighted by atomic mass is 16.5. The van der Waals surface area contributed by atoms with Crippen molar-refractivity contribution in [2.75, 3.05) is 6.61 Å². The van der Waals surface area contributed by atoms with E-state index in [1.54, 1.807) is 0 Å². The van der Waals surface area contributed by atoms with Crippen molar-refractivity contribution in [3.63, 3.8) is 0 Å². The topological polar surface area (TPSA) is 29.5 Å². The smallest absolute Gasteiger partial charge is 0.0576 e. The number of ether oxygens (including phenoxy) is 1. The van der Waals surface area contributed by atoms with Crippen LogP contribution in [0.4, 0.5) is 0 Å². The van der Waals surface area contributed by atoms with Gasteiger partial charge in [0.2, 0.25) is 0 Å². The molecule has 2 heteroatoms. The van der Waals surface area contributed by atoms with Gasteiger partial charge in [0.15, 0.2) is 0 Å². The molecular weight excluding hydrogens is 176 g/mol. The zero-order chi connectivity index (χ0) is 9.80. The quantitative estimate of drug-likeness (QED) is 0.755. The Balaban J connectivity index is 1.64. The second kappa shape index (κ2) is 5.13. The highest BCUT2D eigenvalue weighted by Crippen LogP contribution is 2.29. The molecule has 0 bridgehead atoms. The van der Waals surface area contributed by atoms with E-state index in [-0.39, 0.29) is 6.10 Å². The lowest BCUT2D eigenvalue weighted by Gasteiger charge is -2.26. The van der Waals surface area contributed by atoms with Gasteiger partial charge < -0.3 is 9.84 Å². The molecule has 0 aromatic rings. The summed E-state index contributed by atoms with van der Waals surface area (Å²) in [6.45, 7) is 0.970. The molecule has 1 N–H and O–H groups in total. The van der Waals surface area contributed by atoms with Gasteiger partial charge in [0.25, 0.3) is 0 Å². The van der Waals surface area contributed by atoms with Crippen LogP contribution in [0.3, 0.4) is 0 Å². The van der Waals surface area contributed by atoms with E-state index in [1.165, 1.54) is 38.5 Å². The summed E-state index contributed by atoms with van der Waals surface area (Å²) < 4.78 is 5.61. The Bertz CT molecular complexity index is 164. The van der Waals surface area contributed by atoms with Gasteiger partial charge >= 0.3 is 0 Å². The first-order valence-electron chi connectivity index (χ1n) is 6.14. The zero-order valence-corrected chi connectivity index (χ0v) is 8.95. The third kappa shape index (κ3) is 2.96. The molecule has 2 fully saturated rings. The van der Waals surface area contributed by atoms with E-state index in [0.29, 0.717) is 6.10 Å². The minimum absolute atomic E-state index is 0.0155. The van der Waals surface area contributed by atoms with Crippen LogP contribution in [0.5, 0.6) is 0 Å². The van der Waals surface area contributed by atoms with Gasteiger partial charge in [-0.3, -0.25) is 0 Å². The molecule has 2 aliphatic rings. The molecule has 0 spiro atoms. The van der Waals surface area contributed by atoms with Gasteiger partial charge in [-0.2, -0.15) is 0 Å². The first kappa shape index (κ1) is 10.4. The fourth-order valence-electron chi connectivity index (χ4n) is 2.82. The van der Waals surface area contributed by atoms with Crippen molar-refractivity contribution in [3.8, 4) is 0 Å². The minimum Gasteiger partial charge on any atom is -0.393 e. The molecule has 1 saturated carbocycles. The highest BCUT2D eigenvalue weighted by molar-refractivity contribution is 4.74. The van der Waals surface area contributed by atoms with Crippen LogP contribution in [0, 0.1) is 5.92 Å². The van der Waals surface area contributed by atoms with E-state index < -0.39 is 0 Å². The van der Waals surface area contributed by atoms with Crippen LogP contribution in [-0.2, 0) is 4.74 Å². The molecule has 2 nitrogen and oxygen atoms in total. The van der Waals surface area contributed by atoms with Crippen molar-refractivity contribution in [1.82, 2.24) is 0 Å². The molecule has 1 aliphatic heterocycles. The Kier molecular flexibility index (Phi) is 3.82. The fraction of sp³-hybridized carbons (Fsp3) is 1.00. The normalized spacial score (nSPS) is 38.8. The van der Waals surface area contributed by atoms with Crippen LogP contribution < -0.4 is 0 Å². The number of hydrogen-bond donors (Lipinski definition) is 1. The summed E-state index contributed by atoms with van der Waals surface area (Å²) in [7, 11) is 0. The zero-order valence-electron chi connectivity index (χ0n) is 8.95. The summed E-state index contributed by atoms with van der Waals surface area (Å²) >= 11 is 0. The minimum atomic E-state index is -0.0155. The summed E-state index contributed by atoms with van der Waals surface area (Å²) in [5.74, 6) is 0.767. The molecule has 14 heavy (non-hydrogen) atoms. The Morgan fingerprint density at radius 1 is 1.07 bits per heavy atom. The van der Waals surface area contributed by atoms with E-state index in [4.69, 9.17) is 4.74 Å². The first-order valence-corrected chi connectivity index (χ1v) is 6.14. The van der Waals surface area contributed by atoms with Crippen molar-refractivity contribution < 1.29 is 9.84 Å². The van der Waals surface area contributed by atoms with E-state index in [0.717, 1.165) is 25.4 Å². The molecule has 2 rings (SSSR count). The van der Waals surface area contributed by atoms with Gasteiger partial charge in [0, 0.05) is 6.61 Å². The van der Waals surface area contributed by atoms with Crippen LogP contribution in [0.1, 0.15) is 51.4 Å². The van der Waals surface area contributed by atoms with E-state index >= 15 is 0 Å². The Hall–Kier alpha value is -0.0800. The number of rotatable bonds is 3. The molecule has 1 aliphatic carbocycles. The second-order valence-electron chi connectivity index (χ2n) is 4.90. The molecule has 3 atom stereocenters. The molecule has 1 saturated heterocycles. The van der Waals surface area contributed by atoms with Crippen molar-refractivity contribution in [2.24, 2.45) is 5.92 Å². The lowest BCUT2D eigenvalue weighted by Crippen LogP contribution is -2.20. The lowest BCUT2D eigenvalue weighted by molar-refractivity contribution is 0.0746. The predicted octanol–water partition coefficient (Wildman–Crippen LogP) is 2.50. The highest BCUT2D eigenvalue weighted by Gasteiger charge is 2.22. The van der Waals surface area contributed by atoms with E-state index in [2.05, 4.69) is 0 Å². The van der Waals surface area contributed by atoms with Gasteiger partial charge in [-0.1, -0.05) is 12.8 Å². The van der Waals surface area contributed by atoms with Gasteiger partial charge in [0.05, 0.1) is 12.2 Å². The summed E-state index contributed by atoms with van der Waals surface area (Å²) in [5.41, 5.74) is 0. The largest absolute Gasteiger partial charge is 0.393 e. The number of aliphatic hydroxyl groups excluding tert-OH is 1. The summed E-state index contributed by atoms with van der Waals surface area (Å²) in [4.78, 5) is 0. The van der Waals surface area contributed by atoms with Gasteiger partial charge in [0.1, 0.15) is 0 Å².